The zero-order chi connectivity index (χ0) is 15.0. The van der Waals surface area contributed by atoms with Crippen LogP contribution in [-0.2, 0) is 9.53 Å². The predicted octanol–water partition coefficient (Wildman–Crippen LogP) is 1.79. The van der Waals surface area contributed by atoms with Crippen molar-refractivity contribution in [3.63, 3.8) is 0 Å². The number of ether oxygens (including phenoxy) is 1. The van der Waals surface area contributed by atoms with E-state index in [1.54, 1.807) is 6.07 Å². The van der Waals surface area contributed by atoms with E-state index in [1.807, 2.05) is 6.92 Å². The Hall–Kier alpha value is -2.38. The molecule has 20 heavy (non-hydrogen) atoms. The number of nitrogens with zero attached hydrogens (tertiary/aromatic N) is 2. The largest absolute Gasteiger partial charge is 0.469 e. The molecule has 0 saturated carbocycles. The molecule has 1 heterocycles. The molecular formula is C12H18N4O4. The summed E-state index contributed by atoms with van der Waals surface area (Å²) in [5, 5.41) is 16.7. The first-order valence-corrected chi connectivity index (χ1v) is 6.28. The number of anilines is 2. The third-order valence-electron chi connectivity index (χ3n) is 2.48. The Bertz CT molecular complexity index is 479. The van der Waals surface area contributed by atoms with Crippen LogP contribution in [0.25, 0.3) is 0 Å². The van der Waals surface area contributed by atoms with Crippen LogP contribution in [0.2, 0.25) is 0 Å². The van der Waals surface area contributed by atoms with Gasteiger partial charge >= 0.3 is 11.7 Å². The third-order valence-corrected chi connectivity index (χ3v) is 2.48. The molecule has 0 aliphatic carbocycles. The second-order valence-corrected chi connectivity index (χ2v) is 4.00. The van der Waals surface area contributed by atoms with Gasteiger partial charge in [-0.05, 0) is 12.5 Å². The minimum Gasteiger partial charge on any atom is -0.469 e. The fraction of sp³-hybridized carbons (Fsp3) is 0.500. The highest BCUT2D eigenvalue weighted by Gasteiger charge is 2.16. The Balaban J connectivity index is 2.77. The number of hydrogen-bond donors (Lipinski definition) is 2. The molecule has 0 spiro atoms. The number of aromatic nitrogens is 1. The van der Waals surface area contributed by atoms with Gasteiger partial charge in [-0.3, -0.25) is 14.9 Å². The number of carbonyl (C=O) groups is 1. The fourth-order valence-corrected chi connectivity index (χ4v) is 1.47. The van der Waals surface area contributed by atoms with E-state index in [0.717, 1.165) is 13.0 Å². The van der Waals surface area contributed by atoms with Gasteiger partial charge in [0.1, 0.15) is 5.82 Å². The molecule has 0 atom stereocenters. The van der Waals surface area contributed by atoms with Gasteiger partial charge in [-0.15, -0.1) is 0 Å². The van der Waals surface area contributed by atoms with Gasteiger partial charge in [0.2, 0.25) is 5.82 Å². The van der Waals surface area contributed by atoms with Crippen molar-refractivity contribution in [2.75, 3.05) is 30.8 Å². The van der Waals surface area contributed by atoms with Gasteiger partial charge < -0.3 is 15.4 Å². The molecule has 0 aliphatic heterocycles. The predicted molar refractivity (Wildman–Crippen MR) is 74.8 cm³/mol. The second-order valence-electron chi connectivity index (χ2n) is 4.00. The Kier molecular flexibility index (Phi) is 6.21. The Morgan fingerprint density at radius 2 is 2.15 bits per heavy atom. The zero-order valence-electron chi connectivity index (χ0n) is 11.5. The van der Waals surface area contributed by atoms with Crippen LogP contribution >= 0.6 is 0 Å². The third kappa shape index (κ3) is 4.71. The van der Waals surface area contributed by atoms with E-state index in [9.17, 15) is 14.9 Å². The molecule has 0 saturated heterocycles. The summed E-state index contributed by atoms with van der Waals surface area (Å²) in [6, 6.07) is 2.94. The van der Waals surface area contributed by atoms with Crippen molar-refractivity contribution in [1.29, 1.82) is 0 Å². The molecule has 0 aromatic carbocycles. The second kappa shape index (κ2) is 7.93. The molecule has 8 nitrogen and oxygen atoms in total. The molecule has 110 valence electrons. The number of esters is 1. The van der Waals surface area contributed by atoms with Gasteiger partial charge in [0.15, 0.2) is 0 Å². The molecule has 0 unspecified atom stereocenters. The van der Waals surface area contributed by atoms with E-state index in [4.69, 9.17) is 0 Å². The average molecular weight is 282 g/mol. The summed E-state index contributed by atoms with van der Waals surface area (Å²) in [6.07, 6.45) is 1.03. The monoisotopic (exact) mass is 282 g/mol. The molecule has 0 amide bonds. The molecule has 8 heteroatoms. The number of methoxy groups -OCH3 is 1. The Labute approximate surface area is 116 Å². The molecule has 0 bridgehead atoms. The summed E-state index contributed by atoms with van der Waals surface area (Å²) >= 11 is 0. The maximum atomic E-state index is 11.0. The molecule has 0 radical (unpaired) electrons. The van der Waals surface area contributed by atoms with Crippen molar-refractivity contribution < 1.29 is 14.5 Å². The number of hydrogen-bond acceptors (Lipinski definition) is 7. The van der Waals surface area contributed by atoms with Crippen LogP contribution in [0.3, 0.4) is 0 Å². The van der Waals surface area contributed by atoms with E-state index in [1.165, 1.54) is 13.2 Å². The van der Waals surface area contributed by atoms with E-state index >= 15 is 0 Å². The topological polar surface area (TPSA) is 106 Å². The number of nitrogens with one attached hydrogen (secondary N) is 2. The molecule has 0 fully saturated rings. The summed E-state index contributed by atoms with van der Waals surface area (Å²) in [4.78, 5) is 25.5. The first-order chi connectivity index (χ1) is 9.58. The van der Waals surface area contributed by atoms with Crippen molar-refractivity contribution >= 4 is 23.3 Å². The van der Waals surface area contributed by atoms with Crippen LogP contribution in [0, 0.1) is 10.1 Å². The van der Waals surface area contributed by atoms with Gasteiger partial charge in [0.25, 0.3) is 0 Å². The van der Waals surface area contributed by atoms with Crippen molar-refractivity contribution in [3.05, 3.63) is 22.2 Å². The van der Waals surface area contributed by atoms with Crippen LogP contribution in [0.4, 0.5) is 17.3 Å². The first kappa shape index (κ1) is 15.7. The lowest BCUT2D eigenvalue weighted by Crippen LogP contribution is -2.12. The van der Waals surface area contributed by atoms with E-state index < -0.39 is 4.92 Å². The summed E-state index contributed by atoms with van der Waals surface area (Å²) in [6.45, 7) is 2.96. The highest BCUT2D eigenvalue weighted by Crippen LogP contribution is 2.23. The highest BCUT2D eigenvalue weighted by molar-refractivity contribution is 5.70. The quantitative estimate of drug-likeness (QED) is 0.425. The van der Waals surface area contributed by atoms with Gasteiger partial charge in [0, 0.05) is 19.2 Å². The maximum Gasteiger partial charge on any atom is 0.311 e. The van der Waals surface area contributed by atoms with Gasteiger partial charge in [-0.25, -0.2) is 4.98 Å². The lowest BCUT2D eigenvalue weighted by atomic mass is 10.3. The number of pyridine rings is 1. The Morgan fingerprint density at radius 3 is 2.75 bits per heavy atom. The van der Waals surface area contributed by atoms with Crippen molar-refractivity contribution in [2.24, 2.45) is 0 Å². The molecule has 1 aromatic rings. The maximum absolute atomic E-state index is 11.0. The minimum absolute atomic E-state index is 0.113. The number of nitro groups is 1. The highest BCUT2D eigenvalue weighted by atomic mass is 16.6. The van der Waals surface area contributed by atoms with Crippen LogP contribution in [0.1, 0.15) is 19.8 Å². The molecular weight excluding hydrogens is 264 g/mol. The van der Waals surface area contributed by atoms with E-state index in [2.05, 4.69) is 20.4 Å². The smallest absolute Gasteiger partial charge is 0.311 e. The van der Waals surface area contributed by atoms with Crippen LogP contribution in [-0.4, -0.2) is 36.1 Å². The lowest BCUT2D eigenvalue weighted by Gasteiger charge is -2.08. The SMILES string of the molecule is CCCNc1ccc([N+](=O)[O-])c(NCCC(=O)OC)n1. The normalized spacial score (nSPS) is 9.90. The van der Waals surface area contributed by atoms with Gasteiger partial charge in [-0.1, -0.05) is 6.92 Å². The summed E-state index contributed by atoms with van der Waals surface area (Å²) < 4.78 is 4.50. The Morgan fingerprint density at radius 1 is 1.40 bits per heavy atom. The summed E-state index contributed by atoms with van der Waals surface area (Å²) in [5.74, 6) is 0.304. The first-order valence-electron chi connectivity index (χ1n) is 6.28. The van der Waals surface area contributed by atoms with Gasteiger partial charge in [-0.2, -0.15) is 0 Å². The summed E-state index contributed by atoms with van der Waals surface area (Å²) in [7, 11) is 1.29. The summed E-state index contributed by atoms with van der Waals surface area (Å²) in [5.41, 5.74) is -0.128. The molecule has 0 aliphatic rings. The molecule has 2 N–H and O–H groups in total. The van der Waals surface area contributed by atoms with Crippen LogP contribution < -0.4 is 10.6 Å². The van der Waals surface area contributed by atoms with Crippen molar-refractivity contribution in [3.8, 4) is 0 Å². The molecule has 1 rings (SSSR count). The van der Waals surface area contributed by atoms with Crippen molar-refractivity contribution in [2.45, 2.75) is 19.8 Å². The van der Waals surface area contributed by atoms with E-state index in [0.29, 0.717) is 5.82 Å². The minimum atomic E-state index is -0.517. The van der Waals surface area contributed by atoms with E-state index in [-0.39, 0.29) is 30.4 Å². The lowest BCUT2D eigenvalue weighted by molar-refractivity contribution is -0.384. The standard InChI is InChI=1S/C12H18N4O4/c1-3-7-13-10-5-4-9(16(18)19)12(15-10)14-8-6-11(17)20-2/h4-5H,3,6-8H2,1-2H3,(H2,13,14,15). The fourth-order valence-electron chi connectivity index (χ4n) is 1.47. The zero-order valence-corrected chi connectivity index (χ0v) is 11.5. The average Bonchev–Trinajstić information content (AvgIpc) is 2.44. The van der Waals surface area contributed by atoms with Gasteiger partial charge in [0.05, 0.1) is 18.5 Å². The molecule has 1 aromatic heterocycles. The number of rotatable bonds is 8. The van der Waals surface area contributed by atoms with Crippen LogP contribution in [0.15, 0.2) is 12.1 Å². The number of carbonyl (C=O) groups excluding carboxylic acids is 1. The van der Waals surface area contributed by atoms with Crippen molar-refractivity contribution in [1.82, 2.24) is 4.98 Å². The van der Waals surface area contributed by atoms with Crippen LogP contribution in [0.5, 0.6) is 0 Å².